The highest BCUT2D eigenvalue weighted by atomic mass is 19.4. The van der Waals surface area contributed by atoms with E-state index in [1.54, 1.807) is 12.1 Å². The Bertz CT molecular complexity index is 952. The van der Waals surface area contributed by atoms with E-state index in [-0.39, 0.29) is 17.6 Å². The molecule has 0 radical (unpaired) electrons. The molecule has 3 aromatic rings. The number of halogens is 3. The summed E-state index contributed by atoms with van der Waals surface area (Å²) in [5, 5.41) is 10.0. The van der Waals surface area contributed by atoms with Crippen molar-refractivity contribution in [2.24, 2.45) is 0 Å². The van der Waals surface area contributed by atoms with Crippen molar-refractivity contribution in [3.63, 3.8) is 0 Å². The lowest BCUT2D eigenvalue weighted by Gasteiger charge is -2.09. The van der Waals surface area contributed by atoms with Crippen LogP contribution in [0.15, 0.2) is 42.9 Å². The van der Waals surface area contributed by atoms with E-state index >= 15 is 0 Å². The normalized spacial score (nSPS) is 11.5. The number of ether oxygens (including phenoxy) is 1. The molecule has 1 amide bonds. The molecule has 8 nitrogen and oxygen atoms in total. The lowest BCUT2D eigenvalue weighted by molar-refractivity contribution is -0.137. The number of nitrogens with one attached hydrogen (secondary N) is 1. The molecule has 146 valence electrons. The molecule has 3 aromatic heterocycles. The number of carbonyl (C=O) groups is 1. The number of anilines is 1. The molecule has 0 aromatic carbocycles. The second kappa shape index (κ2) is 7.62. The van der Waals surface area contributed by atoms with Crippen LogP contribution in [0.3, 0.4) is 0 Å². The van der Waals surface area contributed by atoms with Gasteiger partial charge in [0.2, 0.25) is 5.88 Å². The summed E-state index contributed by atoms with van der Waals surface area (Å²) in [5.41, 5.74) is -0.501. The molecule has 0 spiro atoms. The first-order chi connectivity index (χ1) is 13.2. The predicted molar refractivity (Wildman–Crippen MR) is 92.1 cm³/mol. The minimum atomic E-state index is -4.48. The lowest BCUT2D eigenvalue weighted by Crippen LogP contribution is -2.13. The molecule has 11 heteroatoms. The minimum Gasteiger partial charge on any atom is -0.475 e. The van der Waals surface area contributed by atoms with Crippen LogP contribution in [0, 0.1) is 0 Å². The summed E-state index contributed by atoms with van der Waals surface area (Å²) in [5.74, 6) is -0.0405. The summed E-state index contributed by atoms with van der Waals surface area (Å²) in [6, 6.07) is 5.23. The lowest BCUT2D eigenvalue weighted by atomic mass is 10.3. The van der Waals surface area contributed by atoms with E-state index in [2.05, 4.69) is 25.6 Å². The first kappa shape index (κ1) is 19.3. The molecule has 3 heterocycles. The van der Waals surface area contributed by atoms with E-state index < -0.39 is 17.6 Å². The number of pyridine rings is 2. The second-order valence-corrected chi connectivity index (χ2v) is 5.96. The van der Waals surface area contributed by atoms with Gasteiger partial charge in [0.1, 0.15) is 0 Å². The van der Waals surface area contributed by atoms with E-state index in [1.807, 2.05) is 13.8 Å². The number of amides is 1. The highest BCUT2D eigenvalue weighted by Gasteiger charge is 2.30. The van der Waals surface area contributed by atoms with Gasteiger partial charge in [-0.2, -0.15) is 13.2 Å². The van der Waals surface area contributed by atoms with Gasteiger partial charge >= 0.3 is 6.18 Å². The molecule has 0 saturated heterocycles. The molecule has 0 fully saturated rings. The summed E-state index contributed by atoms with van der Waals surface area (Å²) in [6.45, 7) is 3.73. The van der Waals surface area contributed by atoms with Crippen molar-refractivity contribution < 1.29 is 22.7 Å². The number of hydrogen-bond acceptors (Lipinski definition) is 6. The molecule has 28 heavy (non-hydrogen) atoms. The Kier molecular flexibility index (Phi) is 5.25. The molecule has 0 aliphatic rings. The Labute approximate surface area is 157 Å². The summed E-state index contributed by atoms with van der Waals surface area (Å²) in [7, 11) is 0. The van der Waals surface area contributed by atoms with Gasteiger partial charge in [0.15, 0.2) is 11.5 Å². The second-order valence-electron chi connectivity index (χ2n) is 5.96. The highest BCUT2D eigenvalue weighted by molar-refractivity contribution is 6.02. The third kappa shape index (κ3) is 4.61. The van der Waals surface area contributed by atoms with Gasteiger partial charge in [0, 0.05) is 12.3 Å². The number of rotatable bonds is 5. The van der Waals surface area contributed by atoms with E-state index in [1.165, 1.54) is 12.4 Å². The first-order valence-electron chi connectivity index (χ1n) is 8.12. The standard InChI is InChI=1S/C17H15F3N6O2/c1-10(2)28-15-6-4-12(8-22-15)23-16(27)13-9-26(25-24-13)14-5-3-11(7-21-14)17(18,19)20/h3-10H,1-2H3,(H,23,27). The fourth-order valence-electron chi connectivity index (χ4n) is 2.13. The summed E-state index contributed by atoms with van der Waals surface area (Å²) >= 11 is 0. The van der Waals surface area contributed by atoms with Crippen LogP contribution in [0.2, 0.25) is 0 Å². The van der Waals surface area contributed by atoms with E-state index in [9.17, 15) is 18.0 Å². The third-order valence-electron chi connectivity index (χ3n) is 3.39. The van der Waals surface area contributed by atoms with Crippen LogP contribution >= 0.6 is 0 Å². The van der Waals surface area contributed by atoms with E-state index in [0.29, 0.717) is 17.8 Å². The zero-order valence-electron chi connectivity index (χ0n) is 14.8. The Morgan fingerprint density at radius 2 is 1.93 bits per heavy atom. The van der Waals surface area contributed by atoms with Gasteiger partial charge in [0.05, 0.1) is 29.7 Å². The monoisotopic (exact) mass is 392 g/mol. The molecule has 0 aliphatic heterocycles. The van der Waals surface area contributed by atoms with Crippen LogP contribution < -0.4 is 10.1 Å². The molecule has 1 N–H and O–H groups in total. The Balaban J connectivity index is 1.68. The number of alkyl halides is 3. The van der Waals surface area contributed by atoms with Crippen LogP contribution in [0.25, 0.3) is 5.82 Å². The number of hydrogen-bond donors (Lipinski definition) is 1. The Morgan fingerprint density at radius 3 is 2.50 bits per heavy atom. The minimum absolute atomic E-state index is 0.0261. The van der Waals surface area contributed by atoms with Crippen molar-refractivity contribution >= 4 is 11.6 Å². The van der Waals surface area contributed by atoms with Gasteiger partial charge in [-0.05, 0) is 32.0 Å². The predicted octanol–water partition coefficient (Wildman–Crippen LogP) is 3.12. The van der Waals surface area contributed by atoms with Crippen molar-refractivity contribution in [2.45, 2.75) is 26.1 Å². The Hall–Kier alpha value is -3.50. The first-order valence-corrected chi connectivity index (χ1v) is 8.12. The largest absolute Gasteiger partial charge is 0.475 e. The van der Waals surface area contributed by atoms with Crippen molar-refractivity contribution in [3.05, 3.63) is 54.1 Å². The molecule has 3 rings (SSSR count). The van der Waals surface area contributed by atoms with Crippen molar-refractivity contribution in [1.82, 2.24) is 25.0 Å². The zero-order valence-corrected chi connectivity index (χ0v) is 14.8. The Morgan fingerprint density at radius 1 is 1.14 bits per heavy atom. The molecule has 0 aliphatic carbocycles. The van der Waals surface area contributed by atoms with Crippen LogP contribution in [0.1, 0.15) is 29.9 Å². The fraction of sp³-hybridized carbons (Fsp3) is 0.235. The van der Waals surface area contributed by atoms with Crippen LogP contribution in [-0.4, -0.2) is 37.0 Å². The smallest absolute Gasteiger partial charge is 0.417 e. The van der Waals surface area contributed by atoms with Gasteiger partial charge in [-0.25, -0.2) is 14.6 Å². The average molecular weight is 392 g/mol. The molecule has 0 bridgehead atoms. The van der Waals surface area contributed by atoms with Crippen LogP contribution in [0.4, 0.5) is 18.9 Å². The van der Waals surface area contributed by atoms with Gasteiger partial charge in [0.25, 0.3) is 5.91 Å². The molecular weight excluding hydrogens is 377 g/mol. The maximum atomic E-state index is 12.6. The number of carbonyl (C=O) groups excluding carboxylic acids is 1. The molecule has 0 atom stereocenters. The van der Waals surface area contributed by atoms with E-state index in [0.717, 1.165) is 16.8 Å². The summed E-state index contributed by atoms with van der Waals surface area (Å²) in [4.78, 5) is 20.0. The van der Waals surface area contributed by atoms with Crippen LogP contribution in [0.5, 0.6) is 5.88 Å². The number of nitrogens with zero attached hydrogens (tertiary/aromatic N) is 5. The van der Waals surface area contributed by atoms with Crippen molar-refractivity contribution in [3.8, 4) is 11.7 Å². The SMILES string of the molecule is CC(C)Oc1ccc(NC(=O)c2cn(-c3ccc(C(F)(F)F)cn3)nn2)cn1. The van der Waals surface area contributed by atoms with Gasteiger partial charge in [-0.15, -0.1) is 5.10 Å². The molecule has 0 unspecified atom stereocenters. The zero-order chi connectivity index (χ0) is 20.3. The van der Waals surface area contributed by atoms with E-state index in [4.69, 9.17) is 4.74 Å². The molecule has 0 saturated carbocycles. The maximum absolute atomic E-state index is 12.6. The average Bonchev–Trinajstić information content (AvgIpc) is 3.13. The van der Waals surface area contributed by atoms with Crippen LogP contribution in [-0.2, 0) is 6.18 Å². The maximum Gasteiger partial charge on any atom is 0.417 e. The number of aromatic nitrogens is 5. The van der Waals surface area contributed by atoms with Crippen molar-refractivity contribution in [1.29, 1.82) is 0 Å². The quantitative estimate of drug-likeness (QED) is 0.717. The highest BCUT2D eigenvalue weighted by Crippen LogP contribution is 2.28. The topological polar surface area (TPSA) is 94.8 Å². The summed E-state index contributed by atoms with van der Waals surface area (Å²) < 4.78 is 44.3. The fourth-order valence-corrected chi connectivity index (χ4v) is 2.13. The van der Waals surface area contributed by atoms with Gasteiger partial charge < -0.3 is 10.1 Å². The van der Waals surface area contributed by atoms with Gasteiger partial charge in [-0.3, -0.25) is 4.79 Å². The summed E-state index contributed by atoms with van der Waals surface area (Å²) in [6.07, 6.45) is -1.14. The van der Waals surface area contributed by atoms with Gasteiger partial charge in [-0.1, -0.05) is 5.21 Å². The molecular formula is C17H15F3N6O2. The third-order valence-corrected chi connectivity index (χ3v) is 3.39. The van der Waals surface area contributed by atoms with Crippen molar-refractivity contribution in [2.75, 3.05) is 5.32 Å².